The number of hydrogen-bond acceptors (Lipinski definition) is 1. The molecule has 0 saturated heterocycles. The molecule has 0 saturated carbocycles. The van der Waals surface area contributed by atoms with E-state index in [0.717, 1.165) is 19.6 Å². The highest BCUT2D eigenvalue weighted by molar-refractivity contribution is 4.46. The topological polar surface area (TPSA) is 9.23 Å². The molecule has 0 aromatic heterocycles. The van der Waals surface area contributed by atoms with Crippen LogP contribution in [0.2, 0.25) is 0 Å². The van der Waals surface area contributed by atoms with E-state index in [4.69, 9.17) is 4.74 Å². The molecular formula is C15H31O. The quantitative estimate of drug-likeness (QED) is 0.395. The largest absolute Gasteiger partial charge is 0.381 e. The lowest BCUT2D eigenvalue weighted by atomic mass is 10.1. The van der Waals surface area contributed by atoms with Crippen LogP contribution in [-0.4, -0.2) is 13.2 Å². The zero-order chi connectivity index (χ0) is 11.9. The van der Waals surface area contributed by atoms with Gasteiger partial charge in [-0.15, -0.1) is 0 Å². The van der Waals surface area contributed by atoms with E-state index in [0.29, 0.717) is 0 Å². The fraction of sp³-hybridized carbons (Fsp3) is 0.933. The molecule has 0 spiro atoms. The predicted molar refractivity (Wildman–Crippen MR) is 72.6 cm³/mol. The summed E-state index contributed by atoms with van der Waals surface area (Å²) in [6.45, 7) is 8.05. The highest BCUT2D eigenvalue weighted by Gasteiger charge is 1.92. The standard InChI is InChI=1S/C15H31O/c1-3-5-7-9-11-13-15-16-14-12-10-8-6-4-2/h1,3-15H2,2H3. The molecule has 0 fully saturated rings. The molecule has 0 aliphatic carbocycles. The summed E-state index contributed by atoms with van der Waals surface area (Å²) in [6, 6.07) is 0. The number of rotatable bonds is 13. The zero-order valence-corrected chi connectivity index (χ0v) is 11.3. The van der Waals surface area contributed by atoms with Crippen molar-refractivity contribution < 1.29 is 4.74 Å². The van der Waals surface area contributed by atoms with Crippen LogP contribution in [0.3, 0.4) is 0 Å². The Kier molecular flexibility index (Phi) is 14.9. The molecular weight excluding hydrogens is 196 g/mol. The lowest BCUT2D eigenvalue weighted by Gasteiger charge is -2.04. The van der Waals surface area contributed by atoms with Gasteiger partial charge in [0, 0.05) is 13.2 Å². The van der Waals surface area contributed by atoms with Crippen LogP contribution >= 0.6 is 0 Å². The predicted octanol–water partition coefficient (Wildman–Crippen LogP) is 5.15. The van der Waals surface area contributed by atoms with Gasteiger partial charge in [-0.1, -0.05) is 71.6 Å². The fourth-order valence-corrected chi connectivity index (χ4v) is 1.82. The Balaban J connectivity index is 2.83. The normalized spacial score (nSPS) is 10.9. The molecule has 1 nitrogen and oxygen atoms in total. The molecule has 0 heterocycles. The molecule has 0 amide bonds. The minimum absolute atomic E-state index is 0.970. The Hall–Kier alpha value is -0.0400. The van der Waals surface area contributed by atoms with Gasteiger partial charge in [-0.2, -0.15) is 0 Å². The second-order valence-corrected chi connectivity index (χ2v) is 4.65. The van der Waals surface area contributed by atoms with Gasteiger partial charge >= 0.3 is 0 Å². The minimum Gasteiger partial charge on any atom is -0.381 e. The van der Waals surface area contributed by atoms with E-state index in [2.05, 4.69) is 13.8 Å². The van der Waals surface area contributed by atoms with Gasteiger partial charge in [-0.3, -0.25) is 0 Å². The van der Waals surface area contributed by atoms with Crippen molar-refractivity contribution in [2.75, 3.05) is 13.2 Å². The summed E-state index contributed by atoms with van der Waals surface area (Å²) >= 11 is 0. The molecule has 0 aliphatic rings. The summed E-state index contributed by atoms with van der Waals surface area (Å²) < 4.78 is 5.61. The third kappa shape index (κ3) is 14.0. The molecule has 0 rings (SSSR count). The van der Waals surface area contributed by atoms with Crippen LogP contribution in [0, 0.1) is 6.92 Å². The van der Waals surface area contributed by atoms with Crippen LogP contribution in [0.1, 0.15) is 77.6 Å². The van der Waals surface area contributed by atoms with Crippen molar-refractivity contribution >= 4 is 0 Å². The number of unbranched alkanes of at least 4 members (excludes halogenated alkanes) is 9. The first-order valence-electron chi connectivity index (χ1n) is 7.28. The third-order valence-electron chi connectivity index (χ3n) is 2.93. The summed E-state index contributed by atoms with van der Waals surface area (Å²) in [7, 11) is 0. The number of ether oxygens (including phenoxy) is 1. The van der Waals surface area contributed by atoms with Crippen molar-refractivity contribution in [3.63, 3.8) is 0 Å². The molecule has 1 heteroatoms. The van der Waals surface area contributed by atoms with Crippen LogP contribution in [-0.2, 0) is 4.74 Å². The van der Waals surface area contributed by atoms with Crippen molar-refractivity contribution in [3.05, 3.63) is 6.92 Å². The van der Waals surface area contributed by atoms with E-state index in [1.165, 1.54) is 64.2 Å². The molecule has 0 aromatic rings. The van der Waals surface area contributed by atoms with E-state index >= 15 is 0 Å². The fourth-order valence-electron chi connectivity index (χ4n) is 1.82. The van der Waals surface area contributed by atoms with Crippen molar-refractivity contribution in [2.24, 2.45) is 0 Å². The summed E-state index contributed by atoms with van der Waals surface area (Å²) in [4.78, 5) is 0. The Morgan fingerprint density at radius 2 is 1.19 bits per heavy atom. The first-order valence-corrected chi connectivity index (χ1v) is 7.28. The van der Waals surface area contributed by atoms with E-state index in [1.807, 2.05) is 0 Å². The smallest absolute Gasteiger partial charge is 0.0466 e. The highest BCUT2D eigenvalue weighted by atomic mass is 16.5. The van der Waals surface area contributed by atoms with Crippen molar-refractivity contribution in [2.45, 2.75) is 77.6 Å². The second kappa shape index (κ2) is 15.0. The Bertz CT molecular complexity index is 98.0. The summed E-state index contributed by atoms with van der Waals surface area (Å²) in [6.07, 6.45) is 14.3. The maximum absolute atomic E-state index is 5.61. The Morgan fingerprint density at radius 1 is 0.688 bits per heavy atom. The monoisotopic (exact) mass is 227 g/mol. The summed E-state index contributed by atoms with van der Waals surface area (Å²) in [5.74, 6) is 0. The first-order chi connectivity index (χ1) is 7.91. The van der Waals surface area contributed by atoms with Gasteiger partial charge in [-0.25, -0.2) is 0 Å². The Labute approximate surface area is 103 Å². The molecule has 1 radical (unpaired) electrons. The maximum atomic E-state index is 5.61. The van der Waals surface area contributed by atoms with Gasteiger partial charge in [0.1, 0.15) is 0 Å². The molecule has 97 valence electrons. The van der Waals surface area contributed by atoms with E-state index in [9.17, 15) is 0 Å². The van der Waals surface area contributed by atoms with Gasteiger partial charge in [0.15, 0.2) is 0 Å². The van der Waals surface area contributed by atoms with Crippen LogP contribution in [0.15, 0.2) is 0 Å². The van der Waals surface area contributed by atoms with Crippen molar-refractivity contribution in [1.82, 2.24) is 0 Å². The van der Waals surface area contributed by atoms with Crippen LogP contribution < -0.4 is 0 Å². The van der Waals surface area contributed by atoms with Crippen LogP contribution in [0.4, 0.5) is 0 Å². The van der Waals surface area contributed by atoms with E-state index < -0.39 is 0 Å². The van der Waals surface area contributed by atoms with Crippen LogP contribution in [0.25, 0.3) is 0 Å². The molecule has 0 aromatic carbocycles. The SMILES string of the molecule is [CH2]CCCCCCCOCCCCCCC. The minimum atomic E-state index is 0.970. The number of hydrogen-bond donors (Lipinski definition) is 0. The Morgan fingerprint density at radius 3 is 1.75 bits per heavy atom. The van der Waals surface area contributed by atoms with Crippen molar-refractivity contribution in [1.29, 1.82) is 0 Å². The first kappa shape index (κ1) is 16.0. The zero-order valence-electron chi connectivity index (χ0n) is 11.3. The average Bonchev–Trinajstić information content (AvgIpc) is 2.31. The summed E-state index contributed by atoms with van der Waals surface area (Å²) in [5, 5.41) is 0. The van der Waals surface area contributed by atoms with Gasteiger partial charge in [0.2, 0.25) is 0 Å². The maximum Gasteiger partial charge on any atom is 0.0466 e. The second-order valence-electron chi connectivity index (χ2n) is 4.65. The molecule has 0 unspecified atom stereocenters. The summed E-state index contributed by atoms with van der Waals surface area (Å²) in [5.41, 5.74) is 0. The molecule has 0 atom stereocenters. The molecule has 0 aliphatic heterocycles. The van der Waals surface area contributed by atoms with E-state index in [1.54, 1.807) is 0 Å². The van der Waals surface area contributed by atoms with Crippen LogP contribution in [0.5, 0.6) is 0 Å². The van der Waals surface area contributed by atoms with Gasteiger partial charge in [0.05, 0.1) is 0 Å². The third-order valence-corrected chi connectivity index (χ3v) is 2.93. The van der Waals surface area contributed by atoms with Gasteiger partial charge in [0.25, 0.3) is 0 Å². The van der Waals surface area contributed by atoms with E-state index in [-0.39, 0.29) is 0 Å². The van der Waals surface area contributed by atoms with Crippen molar-refractivity contribution in [3.8, 4) is 0 Å². The molecule has 16 heavy (non-hydrogen) atoms. The van der Waals surface area contributed by atoms with Gasteiger partial charge < -0.3 is 4.74 Å². The molecule has 0 bridgehead atoms. The average molecular weight is 227 g/mol. The highest BCUT2D eigenvalue weighted by Crippen LogP contribution is 2.06. The lowest BCUT2D eigenvalue weighted by molar-refractivity contribution is 0.125. The molecule has 0 N–H and O–H groups in total. The lowest BCUT2D eigenvalue weighted by Crippen LogP contribution is -1.97. The van der Waals surface area contributed by atoms with Gasteiger partial charge in [-0.05, 0) is 12.8 Å².